The SMILES string of the molecule is [2H]C([2H])([2H])C([C@H](NC(=O)NC(C)(C)C)C(=O)N1C[C@H]2[C@@H]([C@H]1C(=O)N[C@@H](CC1([2H])C([2H])([2H])C([2H])([2H])C1([2H])[2H])C(=O)C(N)=O)C2(C)C)(C([2H])([2H])[2H])C([2H])([2H])[2H]. The summed E-state index contributed by atoms with van der Waals surface area (Å²) in [5.74, 6) is -10.8. The van der Waals surface area contributed by atoms with E-state index in [9.17, 15) is 24.0 Å². The van der Waals surface area contributed by atoms with Gasteiger partial charge in [-0.25, -0.2) is 4.79 Å². The molecule has 3 aliphatic rings. The molecule has 0 radical (unpaired) electrons. The maximum absolute atomic E-state index is 14.6. The summed E-state index contributed by atoms with van der Waals surface area (Å²) >= 11 is 0. The lowest BCUT2D eigenvalue weighted by molar-refractivity contribution is -0.145. The highest BCUT2D eigenvalue weighted by molar-refractivity contribution is 6.37. The van der Waals surface area contributed by atoms with Crippen molar-refractivity contribution in [2.24, 2.45) is 34.3 Å². The number of hydrogen-bond acceptors (Lipinski definition) is 5. The summed E-state index contributed by atoms with van der Waals surface area (Å²) in [6, 6.07) is -8.27. The maximum atomic E-state index is 14.6. The van der Waals surface area contributed by atoms with Crippen LogP contribution in [0.4, 0.5) is 4.79 Å². The number of likely N-dealkylation sites (tertiary alicyclic amines) is 1. The minimum atomic E-state index is -4.01. The number of carbonyl (C=O) groups is 5. The Morgan fingerprint density at radius 1 is 1.14 bits per heavy atom. The third-order valence-corrected chi connectivity index (χ3v) is 6.91. The summed E-state index contributed by atoms with van der Waals surface area (Å²) in [6.45, 7) is -4.69. The monoisotopic (exact) mass is 535 g/mol. The number of hydrogen-bond donors (Lipinski definition) is 4. The third-order valence-electron chi connectivity index (χ3n) is 6.91. The maximum Gasteiger partial charge on any atom is 0.315 e. The van der Waals surface area contributed by atoms with E-state index in [0.717, 1.165) is 0 Å². The van der Waals surface area contributed by atoms with Crippen molar-refractivity contribution in [3.8, 4) is 0 Å². The molecular weight excluding hydrogens is 474 g/mol. The number of nitrogens with one attached hydrogen (secondary N) is 3. The van der Waals surface area contributed by atoms with Crippen LogP contribution >= 0.6 is 0 Å². The molecule has 1 aliphatic heterocycles. The number of amides is 5. The van der Waals surface area contributed by atoms with Gasteiger partial charge in [0.2, 0.25) is 17.6 Å². The van der Waals surface area contributed by atoms with Gasteiger partial charge < -0.3 is 26.6 Å². The van der Waals surface area contributed by atoms with Crippen molar-refractivity contribution in [1.29, 1.82) is 0 Å². The molecule has 0 unspecified atom stereocenters. The number of primary amides is 1. The predicted molar refractivity (Wildman–Crippen MR) is 139 cm³/mol. The summed E-state index contributed by atoms with van der Waals surface area (Å²) in [5, 5.41) is 6.40. The summed E-state index contributed by atoms with van der Waals surface area (Å²) in [5.41, 5.74) is -0.671. The molecule has 10 heteroatoms. The fourth-order valence-corrected chi connectivity index (χ4v) is 4.94. The first-order valence-corrected chi connectivity index (χ1v) is 11.8. The normalized spacial score (nSPS) is 38.6. The Kier molecular flexibility index (Phi) is 3.73. The summed E-state index contributed by atoms with van der Waals surface area (Å²) in [4.78, 5) is 67.7. The van der Waals surface area contributed by atoms with Gasteiger partial charge in [0.25, 0.3) is 5.91 Å². The molecule has 10 nitrogen and oxygen atoms in total. The zero-order valence-corrected chi connectivity index (χ0v) is 21.4. The van der Waals surface area contributed by atoms with Crippen molar-refractivity contribution in [1.82, 2.24) is 20.9 Å². The zero-order valence-electron chi connectivity index (χ0n) is 37.4. The minimum Gasteiger partial charge on any atom is -0.363 e. The Morgan fingerprint density at radius 3 is 2.30 bits per heavy atom. The second kappa shape index (κ2) is 9.91. The number of urea groups is 1. The molecule has 0 spiro atoms. The van der Waals surface area contributed by atoms with E-state index in [1.165, 1.54) is 20.8 Å². The number of rotatable bonds is 8. The topological polar surface area (TPSA) is 151 Å². The fraction of sp³-hybridized carbons (Fsp3) is 0.815. The molecule has 5 amide bonds. The van der Waals surface area contributed by atoms with E-state index in [-0.39, 0.29) is 0 Å². The van der Waals surface area contributed by atoms with Gasteiger partial charge in [-0.3, -0.25) is 19.2 Å². The average molecular weight is 536 g/mol. The van der Waals surface area contributed by atoms with E-state index in [4.69, 9.17) is 27.7 Å². The lowest BCUT2D eigenvalue weighted by atomic mass is 9.80. The Balaban J connectivity index is 2.19. The van der Waals surface area contributed by atoms with Crippen LogP contribution in [-0.2, 0) is 19.2 Å². The Morgan fingerprint density at radius 2 is 1.76 bits per heavy atom. The van der Waals surface area contributed by atoms with E-state index < -0.39 is 134 Å². The molecule has 3 rings (SSSR count). The van der Waals surface area contributed by atoms with Crippen LogP contribution < -0.4 is 21.7 Å². The number of Topliss-reactive ketones (excluding diaryl/α,β-unsaturated/α-hetero) is 1. The molecule has 37 heavy (non-hydrogen) atoms. The number of carbonyl (C=O) groups excluding carboxylic acids is 5. The molecular formula is C27H45N5O5. The molecule has 2 aliphatic carbocycles. The Hall–Kier alpha value is -2.65. The van der Waals surface area contributed by atoms with Crippen LogP contribution in [0.2, 0.25) is 0 Å². The molecule has 208 valence electrons. The number of fused-ring (bicyclic) bond motifs is 1. The number of nitrogens with zero attached hydrogens (tertiary/aromatic N) is 1. The van der Waals surface area contributed by atoms with Crippen molar-refractivity contribution in [3.63, 3.8) is 0 Å². The van der Waals surface area contributed by atoms with Crippen molar-refractivity contribution in [2.75, 3.05) is 6.54 Å². The van der Waals surface area contributed by atoms with E-state index in [2.05, 4.69) is 10.6 Å². The van der Waals surface area contributed by atoms with Gasteiger partial charge in [0.05, 0.1) is 6.04 Å². The van der Waals surface area contributed by atoms with E-state index in [0.29, 0.717) is 4.90 Å². The molecule has 3 fully saturated rings. The Bertz CT molecular complexity index is 1500. The van der Waals surface area contributed by atoms with Crippen LogP contribution in [0.1, 0.15) is 103 Å². The highest BCUT2D eigenvalue weighted by atomic mass is 16.2. The molecule has 0 aromatic rings. The predicted octanol–water partition coefficient (Wildman–Crippen LogP) is 1.71. The highest BCUT2D eigenvalue weighted by Crippen LogP contribution is 2.65. The van der Waals surface area contributed by atoms with Crippen LogP contribution in [0.5, 0.6) is 0 Å². The van der Waals surface area contributed by atoms with Crippen molar-refractivity contribution in [2.45, 2.75) is 104 Å². The number of nitrogens with two attached hydrogens (primary N) is 1. The van der Waals surface area contributed by atoms with Gasteiger partial charge in [-0.1, -0.05) is 53.5 Å². The van der Waals surface area contributed by atoms with Gasteiger partial charge in [-0.05, 0) is 55.8 Å². The van der Waals surface area contributed by atoms with Crippen LogP contribution in [0.25, 0.3) is 0 Å². The average Bonchev–Trinajstić information content (AvgIpc) is 3.23. The van der Waals surface area contributed by atoms with Gasteiger partial charge in [0, 0.05) is 34.0 Å². The van der Waals surface area contributed by atoms with Gasteiger partial charge in [-0.15, -0.1) is 0 Å². The molecule has 0 aromatic carbocycles. The first kappa shape index (κ1) is 13.9. The first-order valence-electron chi connectivity index (χ1n) is 19.8. The Labute approximate surface area is 242 Å². The minimum absolute atomic E-state index is 0.422. The molecule has 0 aromatic heterocycles. The molecule has 1 heterocycles. The molecule has 2 saturated carbocycles. The van der Waals surface area contributed by atoms with Crippen LogP contribution in [0, 0.1) is 28.6 Å². The summed E-state index contributed by atoms with van der Waals surface area (Å²) in [6.07, 6.45) is -11.1. The summed E-state index contributed by atoms with van der Waals surface area (Å²) < 4.78 is 130. The van der Waals surface area contributed by atoms with E-state index in [1.54, 1.807) is 13.8 Å². The van der Waals surface area contributed by atoms with Crippen molar-refractivity contribution < 1.29 is 45.9 Å². The second-order valence-corrected chi connectivity index (χ2v) is 11.3. The summed E-state index contributed by atoms with van der Waals surface area (Å²) in [7, 11) is 0. The lowest BCUT2D eigenvalue weighted by Gasteiger charge is -2.38. The van der Waals surface area contributed by atoms with Gasteiger partial charge >= 0.3 is 6.03 Å². The van der Waals surface area contributed by atoms with Gasteiger partial charge in [-0.2, -0.15) is 0 Å². The van der Waals surface area contributed by atoms with Crippen LogP contribution in [0.3, 0.4) is 0 Å². The van der Waals surface area contributed by atoms with Gasteiger partial charge in [0.1, 0.15) is 12.1 Å². The quantitative estimate of drug-likeness (QED) is 0.349. The molecule has 5 atom stereocenters. The molecule has 0 bridgehead atoms. The standard InChI is InChI=1S/C27H45N5O5/c1-25(2,3)20(30-24(37)31-26(4,5)6)23(36)32-13-15-17(27(15,7)8)18(32)22(35)29-16(19(33)21(28)34)12-14-10-9-11-14/h14-18,20H,9-13H2,1-8H3,(H2,28,34)(H,29,35)(H2,30,31,37)/t15-,16-,17-,18-,20+/m0/s1/i1D3,2D3,3D3,9D2,10D2,11D2,14D. The van der Waals surface area contributed by atoms with Crippen molar-refractivity contribution in [3.05, 3.63) is 0 Å². The lowest BCUT2D eigenvalue weighted by Crippen LogP contribution is -2.62. The van der Waals surface area contributed by atoms with Crippen LogP contribution in [-0.4, -0.2) is 64.6 Å². The number of piperidine rings is 1. The molecule has 1 saturated heterocycles. The zero-order chi connectivity index (χ0) is 41.9. The van der Waals surface area contributed by atoms with Crippen LogP contribution in [0.15, 0.2) is 0 Å². The fourth-order valence-electron chi connectivity index (χ4n) is 4.94. The number of ketones is 1. The molecule has 5 N–H and O–H groups in total. The second-order valence-electron chi connectivity index (χ2n) is 11.3. The highest BCUT2D eigenvalue weighted by Gasteiger charge is 2.70. The van der Waals surface area contributed by atoms with Crippen molar-refractivity contribution >= 4 is 29.5 Å². The third kappa shape index (κ3) is 6.26. The van der Waals surface area contributed by atoms with E-state index >= 15 is 0 Å². The van der Waals surface area contributed by atoms with E-state index in [1.807, 2.05) is 5.32 Å². The first-order chi connectivity index (χ1) is 23.2. The smallest absolute Gasteiger partial charge is 0.315 e. The van der Waals surface area contributed by atoms with Gasteiger partial charge in [0.15, 0.2) is 0 Å². The largest absolute Gasteiger partial charge is 0.363 e.